The molecule has 0 spiro atoms. The third-order valence-electron chi connectivity index (χ3n) is 4.28. The first-order valence-electron chi connectivity index (χ1n) is 7.15. The standard InChI is InChI=1S/C15H18BFN2O3/c1-9-18-19-13(20-9)10-6-7-11(12(17)8-10)16-21-14(2,3)15(4,5)22-16/h6-8H,1-5H3. The maximum Gasteiger partial charge on any atom is 0.497 e. The monoisotopic (exact) mass is 304 g/mol. The van der Waals surface area contributed by atoms with Crippen molar-refractivity contribution in [3.63, 3.8) is 0 Å². The molecule has 0 unspecified atom stereocenters. The third kappa shape index (κ3) is 2.44. The van der Waals surface area contributed by atoms with E-state index in [4.69, 9.17) is 13.7 Å². The molecular weight excluding hydrogens is 286 g/mol. The highest BCUT2D eigenvalue weighted by Crippen LogP contribution is 2.36. The van der Waals surface area contributed by atoms with Gasteiger partial charge in [0.1, 0.15) is 5.82 Å². The highest BCUT2D eigenvalue weighted by Gasteiger charge is 2.52. The van der Waals surface area contributed by atoms with Crippen LogP contribution < -0.4 is 5.46 Å². The van der Waals surface area contributed by atoms with Gasteiger partial charge in [-0.2, -0.15) is 0 Å². The molecule has 1 fully saturated rings. The van der Waals surface area contributed by atoms with Gasteiger partial charge in [0.25, 0.3) is 0 Å². The van der Waals surface area contributed by atoms with Crippen molar-refractivity contribution in [2.24, 2.45) is 0 Å². The summed E-state index contributed by atoms with van der Waals surface area (Å²) in [6, 6.07) is 4.70. The van der Waals surface area contributed by atoms with E-state index in [2.05, 4.69) is 10.2 Å². The van der Waals surface area contributed by atoms with Gasteiger partial charge >= 0.3 is 7.12 Å². The zero-order valence-electron chi connectivity index (χ0n) is 13.3. The molecule has 5 nitrogen and oxygen atoms in total. The summed E-state index contributed by atoms with van der Waals surface area (Å²) in [6.07, 6.45) is 0. The number of hydrogen-bond acceptors (Lipinski definition) is 5. The van der Waals surface area contributed by atoms with Gasteiger partial charge in [0, 0.05) is 17.9 Å². The number of aromatic nitrogens is 2. The Labute approximate surface area is 129 Å². The van der Waals surface area contributed by atoms with E-state index in [0.717, 1.165) is 0 Å². The van der Waals surface area contributed by atoms with Crippen molar-refractivity contribution in [1.82, 2.24) is 10.2 Å². The van der Waals surface area contributed by atoms with Crippen molar-refractivity contribution >= 4 is 12.6 Å². The second kappa shape index (κ2) is 4.89. The largest absolute Gasteiger partial charge is 0.497 e. The first kappa shape index (κ1) is 15.2. The minimum Gasteiger partial charge on any atom is -0.421 e. The van der Waals surface area contributed by atoms with Crippen molar-refractivity contribution in [2.75, 3.05) is 0 Å². The molecule has 1 saturated heterocycles. The summed E-state index contributed by atoms with van der Waals surface area (Å²) < 4.78 is 31.5. The van der Waals surface area contributed by atoms with E-state index in [-0.39, 0.29) is 5.89 Å². The SMILES string of the molecule is Cc1nnc(-c2ccc(B3OC(C)(C)C(C)(C)O3)c(F)c2)o1. The Morgan fingerprint density at radius 3 is 2.18 bits per heavy atom. The van der Waals surface area contributed by atoms with Gasteiger partial charge in [0.05, 0.1) is 11.2 Å². The van der Waals surface area contributed by atoms with E-state index < -0.39 is 24.1 Å². The zero-order chi connectivity index (χ0) is 16.1. The molecule has 0 N–H and O–H groups in total. The van der Waals surface area contributed by atoms with Gasteiger partial charge in [-0.05, 0) is 39.8 Å². The summed E-state index contributed by atoms with van der Waals surface area (Å²) in [4.78, 5) is 0. The molecule has 0 bridgehead atoms. The fourth-order valence-corrected chi connectivity index (χ4v) is 2.23. The predicted octanol–water partition coefficient (Wildman–Crippen LogP) is 2.48. The Balaban J connectivity index is 1.91. The number of benzene rings is 1. The molecule has 1 aliphatic rings. The Hall–Kier alpha value is -1.73. The molecule has 0 atom stereocenters. The van der Waals surface area contributed by atoms with E-state index >= 15 is 0 Å². The summed E-state index contributed by atoms with van der Waals surface area (Å²) in [6.45, 7) is 9.41. The van der Waals surface area contributed by atoms with Gasteiger partial charge in [-0.3, -0.25) is 0 Å². The van der Waals surface area contributed by atoms with Gasteiger partial charge in [-0.1, -0.05) is 6.07 Å². The van der Waals surface area contributed by atoms with Crippen LogP contribution >= 0.6 is 0 Å². The Bertz CT molecular complexity index is 699. The molecule has 7 heteroatoms. The fourth-order valence-electron chi connectivity index (χ4n) is 2.23. The van der Waals surface area contributed by atoms with Crippen LogP contribution in [0.4, 0.5) is 4.39 Å². The summed E-state index contributed by atoms with van der Waals surface area (Å²) in [5, 5.41) is 7.63. The summed E-state index contributed by atoms with van der Waals surface area (Å²) in [7, 11) is -0.733. The molecule has 1 aliphatic heterocycles. The van der Waals surface area contributed by atoms with Gasteiger partial charge < -0.3 is 13.7 Å². The maximum absolute atomic E-state index is 14.4. The average molecular weight is 304 g/mol. The van der Waals surface area contributed by atoms with Gasteiger partial charge in [-0.25, -0.2) is 4.39 Å². The van der Waals surface area contributed by atoms with Crippen LogP contribution in [0.5, 0.6) is 0 Å². The maximum atomic E-state index is 14.4. The van der Waals surface area contributed by atoms with Crippen LogP contribution in [0.2, 0.25) is 0 Å². The fraction of sp³-hybridized carbons (Fsp3) is 0.467. The minimum absolute atomic E-state index is 0.289. The summed E-state index contributed by atoms with van der Waals surface area (Å²) in [5.41, 5.74) is -0.129. The number of hydrogen-bond donors (Lipinski definition) is 0. The van der Waals surface area contributed by atoms with E-state index in [0.29, 0.717) is 16.9 Å². The zero-order valence-corrected chi connectivity index (χ0v) is 13.3. The molecule has 0 saturated carbocycles. The number of rotatable bonds is 2. The summed E-state index contributed by atoms with van der Waals surface area (Å²) >= 11 is 0. The third-order valence-corrected chi connectivity index (χ3v) is 4.28. The van der Waals surface area contributed by atoms with Crippen molar-refractivity contribution in [3.05, 3.63) is 29.9 Å². The Morgan fingerprint density at radius 1 is 1.05 bits per heavy atom. The van der Waals surface area contributed by atoms with Crippen LogP contribution in [-0.4, -0.2) is 28.5 Å². The van der Waals surface area contributed by atoms with Crippen LogP contribution in [0, 0.1) is 12.7 Å². The van der Waals surface area contributed by atoms with Crippen molar-refractivity contribution < 1.29 is 18.1 Å². The molecule has 116 valence electrons. The molecule has 0 radical (unpaired) electrons. The molecule has 1 aromatic carbocycles. The highest BCUT2D eigenvalue weighted by atomic mass is 19.1. The Morgan fingerprint density at radius 2 is 1.68 bits per heavy atom. The molecule has 2 aromatic rings. The summed E-state index contributed by atoms with van der Waals surface area (Å²) in [5.74, 6) is 0.300. The van der Waals surface area contributed by atoms with E-state index in [1.54, 1.807) is 19.1 Å². The van der Waals surface area contributed by atoms with E-state index in [1.165, 1.54) is 6.07 Å². The van der Waals surface area contributed by atoms with E-state index in [1.807, 2.05) is 27.7 Å². The lowest BCUT2D eigenvalue weighted by Gasteiger charge is -2.32. The normalized spacial score (nSPS) is 19.6. The second-order valence-corrected chi connectivity index (χ2v) is 6.45. The average Bonchev–Trinajstić information content (AvgIpc) is 2.91. The lowest BCUT2D eigenvalue weighted by Crippen LogP contribution is -2.41. The minimum atomic E-state index is -0.733. The molecular formula is C15H18BFN2O3. The van der Waals surface area contributed by atoms with Crippen molar-refractivity contribution in [1.29, 1.82) is 0 Å². The quantitative estimate of drug-likeness (QED) is 0.798. The van der Waals surface area contributed by atoms with Crippen LogP contribution in [-0.2, 0) is 9.31 Å². The van der Waals surface area contributed by atoms with Crippen LogP contribution in [0.3, 0.4) is 0 Å². The first-order valence-corrected chi connectivity index (χ1v) is 7.15. The predicted molar refractivity (Wildman–Crippen MR) is 80.1 cm³/mol. The van der Waals surface area contributed by atoms with Gasteiger partial charge in [-0.15, -0.1) is 10.2 Å². The van der Waals surface area contributed by atoms with E-state index in [9.17, 15) is 4.39 Å². The van der Waals surface area contributed by atoms with Gasteiger partial charge in [0.15, 0.2) is 0 Å². The van der Waals surface area contributed by atoms with Crippen molar-refractivity contribution in [3.8, 4) is 11.5 Å². The lowest BCUT2D eigenvalue weighted by atomic mass is 9.78. The Kier molecular flexibility index (Phi) is 3.38. The molecule has 3 rings (SSSR count). The second-order valence-electron chi connectivity index (χ2n) is 6.45. The lowest BCUT2D eigenvalue weighted by molar-refractivity contribution is 0.00578. The first-order chi connectivity index (χ1) is 10.2. The smallest absolute Gasteiger partial charge is 0.421 e. The number of halogens is 1. The number of aryl methyl sites for hydroxylation is 1. The van der Waals surface area contributed by atoms with Crippen LogP contribution in [0.1, 0.15) is 33.6 Å². The van der Waals surface area contributed by atoms with Crippen LogP contribution in [0.15, 0.2) is 22.6 Å². The van der Waals surface area contributed by atoms with Crippen LogP contribution in [0.25, 0.3) is 11.5 Å². The molecule has 0 amide bonds. The molecule has 1 aromatic heterocycles. The van der Waals surface area contributed by atoms with Gasteiger partial charge in [0.2, 0.25) is 11.8 Å². The topological polar surface area (TPSA) is 57.4 Å². The highest BCUT2D eigenvalue weighted by molar-refractivity contribution is 6.62. The van der Waals surface area contributed by atoms with Crippen molar-refractivity contribution in [2.45, 2.75) is 45.8 Å². The molecule has 22 heavy (non-hydrogen) atoms. The molecule has 0 aliphatic carbocycles. The number of nitrogens with zero attached hydrogens (tertiary/aromatic N) is 2. The molecule has 2 heterocycles.